The summed E-state index contributed by atoms with van der Waals surface area (Å²) in [6.45, 7) is 3.30. The van der Waals surface area contributed by atoms with Gasteiger partial charge in [0.1, 0.15) is 5.75 Å². The Labute approximate surface area is 125 Å². The molecule has 0 fully saturated rings. The molecule has 1 aliphatic rings. The first-order valence-electron chi connectivity index (χ1n) is 6.21. The molecular weight excluding hydrogens is 296 g/mol. The molecule has 0 spiro atoms. The van der Waals surface area contributed by atoms with Crippen LogP contribution in [0, 0.1) is 0 Å². The number of halogens is 2. The second-order valence-corrected chi connectivity index (χ2v) is 5.32. The van der Waals surface area contributed by atoms with Crippen LogP contribution in [0.25, 0.3) is 5.70 Å². The van der Waals surface area contributed by atoms with Gasteiger partial charge in [0.15, 0.2) is 5.17 Å². The van der Waals surface area contributed by atoms with Crippen molar-refractivity contribution >= 4 is 22.6 Å². The average Bonchev–Trinajstić information content (AvgIpc) is 2.46. The Kier molecular flexibility index (Phi) is 5.21. The van der Waals surface area contributed by atoms with E-state index in [1.165, 1.54) is 23.9 Å². The van der Waals surface area contributed by atoms with E-state index in [2.05, 4.69) is 27.2 Å². The van der Waals surface area contributed by atoms with E-state index in [1.54, 1.807) is 18.2 Å². The zero-order valence-corrected chi connectivity index (χ0v) is 12.2. The topological polar surface area (TPSA) is 45.7 Å². The van der Waals surface area contributed by atoms with Gasteiger partial charge in [-0.2, -0.15) is 8.78 Å². The van der Waals surface area contributed by atoms with Crippen LogP contribution in [0.5, 0.6) is 5.75 Å². The third-order valence-corrected chi connectivity index (χ3v) is 3.56. The van der Waals surface area contributed by atoms with Crippen LogP contribution >= 0.6 is 11.8 Å². The monoisotopic (exact) mass is 311 g/mol. The van der Waals surface area contributed by atoms with Gasteiger partial charge < -0.3 is 4.74 Å². The fourth-order valence-electron chi connectivity index (χ4n) is 1.72. The quantitative estimate of drug-likeness (QED) is 0.819. The van der Waals surface area contributed by atoms with Gasteiger partial charge in [-0.1, -0.05) is 17.8 Å². The summed E-state index contributed by atoms with van der Waals surface area (Å²) in [7, 11) is 0. The molecule has 0 saturated heterocycles. The Morgan fingerprint density at radius 2 is 2.05 bits per heavy atom. The molecule has 0 unspecified atom stereocenters. The highest BCUT2D eigenvalue weighted by atomic mass is 32.2. The summed E-state index contributed by atoms with van der Waals surface area (Å²) >= 11 is 1.50. The van der Waals surface area contributed by atoms with Crippen LogP contribution in [-0.2, 0) is 0 Å². The minimum Gasteiger partial charge on any atom is -0.435 e. The zero-order valence-electron chi connectivity index (χ0n) is 11.4. The second-order valence-electron chi connectivity index (χ2n) is 4.12. The SMILES string of the molecule is C=CCN=C1NNC(c2ccc(OC(F)F)cc2)=C(C)S1. The summed E-state index contributed by atoms with van der Waals surface area (Å²) < 4.78 is 28.5. The summed E-state index contributed by atoms with van der Waals surface area (Å²) in [6.07, 6.45) is 1.71. The molecule has 2 rings (SSSR count). The van der Waals surface area contributed by atoms with E-state index >= 15 is 0 Å². The first-order valence-corrected chi connectivity index (χ1v) is 7.03. The smallest absolute Gasteiger partial charge is 0.387 e. The molecule has 0 atom stereocenters. The molecule has 0 bridgehead atoms. The third kappa shape index (κ3) is 4.22. The number of thioether (sulfide) groups is 1. The number of alkyl halides is 2. The van der Waals surface area contributed by atoms with E-state index in [9.17, 15) is 8.78 Å². The van der Waals surface area contributed by atoms with Crippen molar-refractivity contribution in [3.05, 3.63) is 47.4 Å². The number of aliphatic imine (C=N–C) groups is 1. The predicted octanol–water partition coefficient (Wildman–Crippen LogP) is 3.36. The van der Waals surface area contributed by atoms with Crippen molar-refractivity contribution in [1.82, 2.24) is 10.9 Å². The number of rotatable bonds is 5. The van der Waals surface area contributed by atoms with Gasteiger partial charge in [-0.25, -0.2) is 0 Å². The van der Waals surface area contributed by atoms with Crippen molar-refractivity contribution in [2.75, 3.05) is 6.54 Å². The predicted molar refractivity (Wildman–Crippen MR) is 82.0 cm³/mol. The highest BCUT2D eigenvalue weighted by Crippen LogP contribution is 2.29. The normalized spacial score (nSPS) is 16.7. The van der Waals surface area contributed by atoms with E-state index < -0.39 is 6.61 Å². The van der Waals surface area contributed by atoms with Crippen molar-refractivity contribution in [3.8, 4) is 5.75 Å². The number of hydrazine groups is 1. The largest absolute Gasteiger partial charge is 0.435 e. The van der Waals surface area contributed by atoms with E-state index in [4.69, 9.17) is 0 Å². The number of amidine groups is 1. The molecule has 7 heteroatoms. The summed E-state index contributed by atoms with van der Waals surface area (Å²) in [5, 5.41) is 0.758. The van der Waals surface area contributed by atoms with Gasteiger partial charge in [-0.05, 0) is 31.2 Å². The number of benzene rings is 1. The molecule has 1 aromatic carbocycles. The molecule has 4 nitrogen and oxygen atoms in total. The fourth-order valence-corrected chi connectivity index (χ4v) is 2.53. The average molecular weight is 311 g/mol. The van der Waals surface area contributed by atoms with Crippen LogP contribution < -0.4 is 15.6 Å². The van der Waals surface area contributed by atoms with Crippen molar-refractivity contribution in [2.45, 2.75) is 13.5 Å². The lowest BCUT2D eigenvalue weighted by Gasteiger charge is -2.22. The summed E-state index contributed by atoms with van der Waals surface area (Å²) in [4.78, 5) is 5.30. The van der Waals surface area contributed by atoms with Crippen LogP contribution in [0.4, 0.5) is 8.78 Å². The van der Waals surface area contributed by atoms with Gasteiger partial charge in [0.05, 0.1) is 12.2 Å². The fraction of sp³-hybridized carbons (Fsp3) is 0.214. The number of ether oxygens (including phenoxy) is 1. The molecule has 1 aromatic rings. The third-order valence-electron chi connectivity index (χ3n) is 2.63. The van der Waals surface area contributed by atoms with Gasteiger partial charge in [0, 0.05) is 10.5 Å². The lowest BCUT2D eigenvalue weighted by atomic mass is 10.1. The van der Waals surface area contributed by atoms with Crippen LogP contribution in [0.1, 0.15) is 12.5 Å². The molecule has 0 saturated carbocycles. The van der Waals surface area contributed by atoms with Crippen LogP contribution in [0.15, 0.2) is 46.8 Å². The molecule has 0 amide bonds. The summed E-state index contributed by atoms with van der Waals surface area (Å²) in [5.74, 6) is 0.136. The maximum absolute atomic E-state index is 12.1. The summed E-state index contributed by atoms with van der Waals surface area (Å²) in [6, 6.07) is 6.46. The van der Waals surface area contributed by atoms with Crippen molar-refractivity contribution in [2.24, 2.45) is 4.99 Å². The molecule has 0 aliphatic carbocycles. The van der Waals surface area contributed by atoms with E-state index in [0.29, 0.717) is 6.54 Å². The minimum atomic E-state index is -2.81. The molecule has 0 aromatic heterocycles. The standard InChI is InChI=1S/C14H15F2N3OS/c1-3-8-17-14-19-18-12(9(2)21-14)10-4-6-11(7-5-10)20-13(15)16/h3-7,13,18H,1,8H2,2H3,(H,17,19). The summed E-state index contributed by atoms with van der Waals surface area (Å²) in [5.41, 5.74) is 7.79. The number of hydrogen-bond donors (Lipinski definition) is 2. The molecule has 1 heterocycles. The Hall–Kier alpha value is -2.02. The van der Waals surface area contributed by atoms with Gasteiger partial charge >= 0.3 is 6.61 Å². The lowest BCUT2D eigenvalue weighted by molar-refractivity contribution is -0.0498. The van der Waals surface area contributed by atoms with Gasteiger partial charge in [0.2, 0.25) is 0 Å². The Balaban J connectivity index is 2.13. The molecular formula is C14H15F2N3OS. The van der Waals surface area contributed by atoms with Crippen molar-refractivity contribution in [1.29, 1.82) is 0 Å². The van der Waals surface area contributed by atoms with E-state index in [0.717, 1.165) is 21.3 Å². The second kappa shape index (κ2) is 7.12. The maximum Gasteiger partial charge on any atom is 0.387 e. The number of allylic oxidation sites excluding steroid dienone is 1. The van der Waals surface area contributed by atoms with Crippen LogP contribution in [-0.4, -0.2) is 18.3 Å². The van der Waals surface area contributed by atoms with Gasteiger partial charge in [0.25, 0.3) is 0 Å². The maximum atomic E-state index is 12.1. The molecule has 0 radical (unpaired) electrons. The van der Waals surface area contributed by atoms with Crippen molar-refractivity contribution in [3.63, 3.8) is 0 Å². The van der Waals surface area contributed by atoms with E-state index in [-0.39, 0.29) is 5.75 Å². The lowest BCUT2D eigenvalue weighted by Crippen LogP contribution is -2.38. The number of nitrogens with one attached hydrogen (secondary N) is 2. The van der Waals surface area contributed by atoms with E-state index in [1.807, 2.05) is 6.92 Å². The molecule has 21 heavy (non-hydrogen) atoms. The zero-order chi connectivity index (χ0) is 15.2. The Bertz CT molecular complexity index is 570. The number of hydrogen-bond acceptors (Lipinski definition) is 4. The van der Waals surface area contributed by atoms with Gasteiger partial charge in [-0.15, -0.1) is 6.58 Å². The number of nitrogens with zero attached hydrogens (tertiary/aromatic N) is 1. The van der Waals surface area contributed by atoms with Crippen LogP contribution in [0.3, 0.4) is 0 Å². The van der Waals surface area contributed by atoms with Crippen LogP contribution in [0.2, 0.25) is 0 Å². The Morgan fingerprint density at radius 1 is 1.33 bits per heavy atom. The molecule has 112 valence electrons. The minimum absolute atomic E-state index is 0.136. The first kappa shape index (κ1) is 15.4. The molecule has 2 N–H and O–H groups in total. The van der Waals surface area contributed by atoms with Crippen molar-refractivity contribution < 1.29 is 13.5 Å². The highest BCUT2D eigenvalue weighted by Gasteiger charge is 2.15. The first-order chi connectivity index (χ1) is 10.1. The van der Waals surface area contributed by atoms with Gasteiger partial charge in [-0.3, -0.25) is 15.8 Å². The highest BCUT2D eigenvalue weighted by molar-refractivity contribution is 8.17. The Morgan fingerprint density at radius 3 is 2.62 bits per heavy atom. The molecule has 1 aliphatic heterocycles.